The second kappa shape index (κ2) is 7.24. The number of carbonyl (C=O) groups excluding carboxylic acids is 2. The van der Waals surface area contributed by atoms with Gasteiger partial charge in [-0.25, -0.2) is 0 Å². The first kappa shape index (κ1) is 17.0. The first-order valence-corrected chi connectivity index (χ1v) is 7.58. The van der Waals surface area contributed by atoms with E-state index in [0.29, 0.717) is 21.8 Å². The van der Waals surface area contributed by atoms with Gasteiger partial charge in [0.25, 0.3) is 11.8 Å². The van der Waals surface area contributed by atoms with Crippen LogP contribution in [0.1, 0.15) is 40.1 Å². The molecule has 1 aromatic heterocycles. The summed E-state index contributed by atoms with van der Waals surface area (Å²) < 4.78 is 0. The summed E-state index contributed by atoms with van der Waals surface area (Å²) in [4.78, 5) is 28.3. The van der Waals surface area contributed by atoms with E-state index in [2.05, 4.69) is 15.6 Å². The van der Waals surface area contributed by atoms with Crippen LogP contribution in [-0.2, 0) is 0 Å². The minimum absolute atomic E-state index is 0.00842. The van der Waals surface area contributed by atoms with Crippen LogP contribution in [0.4, 0.5) is 5.69 Å². The number of nitrogens with zero attached hydrogens (tertiary/aromatic N) is 1. The van der Waals surface area contributed by atoms with Crippen LogP contribution in [0, 0.1) is 6.92 Å². The molecule has 0 saturated heterocycles. The average molecular weight is 332 g/mol. The average Bonchev–Trinajstić information content (AvgIpc) is 2.51. The second-order valence-corrected chi connectivity index (χ2v) is 5.86. The highest BCUT2D eigenvalue weighted by Gasteiger charge is 2.13. The normalized spacial score (nSPS) is 10.5. The van der Waals surface area contributed by atoms with Gasteiger partial charge in [-0.2, -0.15) is 0 Å². The fraction of sp³-hybridized carbons (Fsp3) is 0.235. The van der Waals surface area contributed by atoms with Gasteiger partial charge in [-0.15, -0.1) is 0 Å². The van der Waals surface area contributed by atoms with Crippen LogP contribution in [0.25, 0.3) is 0 Å². The number of hydrogen-bond donors (Lipinski definition) is 2. The van der Waals surface area contributed by atoms with Crippen molar-refractivity contribution in [1.82, 2.24) is 10.3 Å². The number of hydrogen-bond acceptors (Lipinski definition) is 3. The molecule has 0 spiro atoms. The largest absolute Gasteiger partial charge is 0.350 e. The molecule has 2 aromatic rings. The molecule has 6 heteroatoms. The van der Waals surface area contributed by atoms with Crippen molar-refractivity contribution in [2.45, 2.75) is 26.8 Å². The van der Waals surface area contributed by atoms with E-state index >= 15 is 0 Å². The van der Waals surface area contributed by atoms with Crippen LogP contribution in [0.2, 0.25) is 5.02 Å². The van der Waals surface area contributed by atoms with E-state index in [1.807, 2.05) is 20.8 Å². The Bertz CT molecular complexity index is 744. The molecule has 0 aliphatic carbocycles. The highest BCUT2D eigenvalue weighted by Crippen LogP contribution is 2.23. The molecule has 0 bridgehead atoms. The molecule has 5 nitrogen and oxygen atoms in total. The summed E-state index contributed by atoms with van der Waals surface area (Å²) >= 11 is 6.04. The van der Waals surface area contributed by atoms with Gasteiger partial charge in [0.15, 0.2) is 0 Å². The Morgan fingerprint density at radius 2 is 1.78 bits per heavy atom. The zero-order valence-corrected chi connectivity index (χ0v) is 13.9. The summed E-state index contributed by atoms with van der Waals surface area (Å²) in [5, 5.41) is 6.12. The van der Waals surface area contributed by atoms with Gasteiger partial charge in [0.2, 0.25) is 0 Å². The van der Waals surface area contributed by atoms with Crippen LogP contribution in [0.15, 0.2) is 36.7 Å². The van der Waals surface area contributed by atoms with Crippen LogP contribution >= 0.6 is 11.6 Å². The molecule has 1 aromatic carbocycles. The van der Waals surface area contributed by atoms with Crippen molar-refractivity contribution in [2.75, 3.05) is 5.32 Å². The number of rotatable bonds is 4. The lowest BCUT2D eigenvalue weighted by Gasteiger charge is -2.11. The number of aromatic nitrogens is 1. The molecule has 2 rings (SSSR count). The molecule has 0 radical (unpaired) electrons. The zero-order chi connectivity index (χ0) is 17.0. The van der Waals surface area contributed by atoms with E-state index in [1.54, 1.807) is 18.2 Å². The van der Waals surface area contributed by atoms with Crippen LogP contribution in [0.3, 0.4) is 0 Å². The molecule has 120 valence electrons. The standard InChI is InChI=1S/C17H18ClN3O2/c1-10(2)20-16(22)12-7-13(9-19-8-12)17(23)21-15-6-4-5-14(18)11(15)3/h4-10H,1-3H3,(H,20,22)(H,21,23). The smallest absolute Gasteiger partial charge is 0.257 e. The summed E-state index contributed by atoms with van der Waals surface area (Å²) in [6.07, 6.45) is 2.85. The minimum Gasteiger partial charge on any atom is -0.350 e. The van der Waals surface area contributed by atoms with E-state index < -0.39 is 0 Å². The first-order chi connectivity index (χ1) is 10.9. The lowest BCUT2D eigenvalue weighted by Crippen LogP contribution is -2.30. The molecule has 0 aliphatic rings. The molecular formula is C17H18ClN3O2. The summed E-state index contributed by atoms with van der Waals surface area (Å²) in [5.41, 5.74) is 2.05. The van der Waals surface area contributed by atoms with Crippen LogP contribution in [0.5, 0.6) is 0 Å². The number of benzene rings is 1. The monoisotopic (exact) mass is 331 g/mol. The van der Waals surface area contributed by atoms with Gasteiger partial charge in [-0.3, -0.25) is 14.6 Å². The van der Waals surface area contributed by atoms with Gasteiger partial charge in [0, 0.05) is 29.1 Å². The van der Waals surface area contributed by atoms with Crippen LogP contribution < -0.4 is 10.6 Å². The lowest BCUT2D eigenvalue weighted by molar-refractivity contribution is 0.0942. The molecule has 0 atom stereocenters. The Morgan fingerprint density at radius 1 is 1.13 bits per heavy atom. The van der Waals surface area contributed by atoms with E-state index in [9.17, 15) is 9.59 Å². The number of amides is 2. The Kier molecular flexibility index (Phi) is 5.34. The zero-order valence-electron chi connectivity index (χ0n) is 13.2. The van der Waals surface area contributed by atoms with Crippen molar-refractivity contribution in [3.8, 4) is 0 Å². The number of nitrogens with one attached hydrogen (secondary N) is 2. The molecular weight excluding hydrogens is 314 g/mol. The molecule has 0 fully saturated rings. The number of pyridine rings is 1. The Labute approximate surface area is 140 Å². The van der Waals surface area contributed by atoms with E-state index in [0.717, 1.165) is 5.56 Å². The van der Waals surface area contributed by atoms with Crippen molar-refractivity contribution >= 4 is 29.1 Å². The summed E-state index contributed by atoms with van der Waals surface area (Å²) in [6.45, 7) is 5.55. The van der Waals surface area contributed by atoms with Gasteiger partial charge in [-0.05, 0) is 44.5 Å². The summed E-state index contributed by atoms with van der Waals surface area (Å²) in [7, 11) is 0. The maximum absolute atomic E-state index is 12.3. The van der Waals surface area contributed by atoms with Crippen molar-refractivity contribution in [3.05, 3.63) is 58.4 Å². The third-order valence-corrected chi connectivity index (χ3v) is 3.61. The van der Waals surface area contributed by atoms with Crippen molar-refractivity contribution in [3.63, 3.8) is 0 Å². The fourth-order valence-electron chi connectivity index (χ4n) is 1.97. The third kappa shape index (κ3) is 4.29. The number of halogens is 1. The Hall–Kier alpha value is -2.40. The number of anilines is 1. The number of carbonyl (C=O) groups is 2. The lowest BCUT2D eigenvalue weighted by atomic mass is 10.1. The molecule has 2 N–H and O–H groups in total. The highest BCUT2D eigenvalue weighted by atomic mass is 35.5. The van der Waals surface area contributed by atoms with Crippen molar-refractivity contribution < 1.29 is 9.59 Å². The van der Waals surface area contributed by atoms with Gasteiger partial charge < -0.3 is 10.6 Å². The molecule has 1 heterocycles. The molecule has 0 aliphatic heterocycles. The Balaban J connectivity index is 2.20. The third-order valence-electron chi connectivity index (χ3n) is 3.20. The maximum atomic E-state index is 12.3. The van der Waals surface area contributed by atoms with E-state index in [1.165, 1.54) is 18.5 Å². The Morgan fingerprint density at radius 3 is 2.43 bits per heavy atom. The molecule has 2 amide bonds. The molecule has 0 unspecified atom stereocenters. The topological polar surface area (TPSA) is 71.1 Å². The SMILES string of the molecule is Cc1c(Cl)cccc1NC(=O)c1cncc(C(=O)NC(C)C)c1. The first-order valence-electron chi connectivity index (χ1n) is 7.21. The van der Waals surface area contributed by atoms with Gasteiger partial charge >= 0.3 is 0 Å². The predicted molar refractivity (Wildman–Crippen MR) is 91.0 cm³/mol. The highest BCUT2D eigenvalue weighted by molar-refractivity contribution is 6.31. The predicted octanol–water partition coefficient (Wildman–Crippen LogP) is 3.43. The van der Waals surface area contributed by atoms with E-state index in [-0.39, 0.29) is 17.9 Å². The molecule has 0 saturated carbocycles. The summed E-state index contributed by atoms with van der Waals surface area (Å²) in [5.74, 6) is -0.608. The van der Waals surface area contributed by atoms with Gasteiger partial charge in [0.05, 0.1) is 11.1 Å². The van der Waals surface area contributed by atoms with Crippen LogP contribution in [-0.4, -0.2) is 22.8 Å². The maximum Gasteiger partial charge on any atom is 0.257 e. The van der Waals surface area contributed by atoms with Crippen molar-refractivity contribution in [2.24, 2.45) is 0 Å². The minimum atomic E-state index is -0.345. The second-order valence-electron chi connectivity index (χ2n) is 5.46. The summed E-state index contributed by atoms with van der Waals surface area (Å²) in [6, 6.07) is 6.80. The molecule has 23 heavy (non-hydrogen) atoms. The van der Waals surface area contributed by atoms with Gasteiger partial charge in [0.1, 0.15) is 0 Å². The fourth-order valence-corrected chi connectivity index (χ4v) is 2.15. The van der Waals surface area contributed by atoms with Gasteiger partial charge in [-0.1, -0.05) is 17.7 Å². The van der Waals surface area contributed by atoms with E-state index in [4.69, 9.17) is 11.6 Å². The van der Waals surface area contributed by atoms with Crippen molar-refractivity contribution in [1.29, 1.82) is 0 Å². The quantitative estimate of drug-likeness (QED) is 0.901.